The summed E-state index contributed by atoms with van der Waals surface area (Å²) in [5.41, 5.74) is 2.46. The minimum absolute atomic E-state index is 0.384. The first-order valence-electron chi connectivity index (χ1n) is 7.03. The summed E-state index contributed by atoms with van der Waals surface area (Å²) in [5, 5.41) is 23.7. The molecule has 0 amide bonds. The van der Waals surface area contributed by atoms with E-state index in [-0.39, 0.29) is 0 Å². The van der Waals surface area contributed by atoms with Crippen LogP contribution in [0.25, 0.3) is 0 Å². The van der Waals surface area contributed by atoms with Crippen LogP contribution >= 0.6 is 0 Å². The third-order valence-electron chi connectivity index (χ3n) is 3.30. The number of unbranched alkanes of at least 4 members (excludes halogenated alkanes) is 1. The monoisotopic (exact) mass is 302 g/mol. The molecule has 1 unspecified atom stereocenters. The molecule has 1 aliphatic rings. The summed E-state index contributed by atoms with van der Waals surface area (Å²) in [5.74, 6) is -0.511. The predicted octanol–water partition coefficient (Wildman–Crippen LogP) is 1.89. The van der Waals surface area contributed by atoms with Crippen molar-refractivity contribution in [2.45, 2.75) is 32.2 Å². The second kappa shape index (κ2) is 6.45. The number of hydrazone groups is 1. The van der Waals surface area contributed by atoms with Crippen molar-refractivity contribution in [3.8, 4) is 11.8 Å². The van der Waals surface area contributed by atoms with Gasteiger partial charge in [0.15, 0.2) is 5.54 Å². The fourth-order valence-corrected chi connectivity index (χ4v) is 1.87. The lowest BCUT2D eigenvalue weighted by Gasteiger charge is -2.21. The number of benzene rings is 1. The molecule has 7 heteroatoms. The number of aliphatic carboxylic acids is 1. The zero-order valence-electron chi connectivity index (χ0n) is 12.5. The summed E-state index contributed by atoms with van der Waals surface area (Å²) in [7, 11) is 0. The fourth-order valence-electron chi connectivity index (χ4n) is 1.87. The lowest BCUT2D eigenvalue weighted by molar-refractivity contribution is -0.140. The topological polar surface area (TPSA) is 97.9 Å². The molecule has 0 aromatic heterocycles. The molecule has 0 radical (unpaired) electrons. The zero-order valence-corrected chi connectivity index (χ0v) is 12.5. The van der Waals surface area contributed by atoms with E-state index < -0.39 is 11.5 Å². The maximum Gasteiger partial charge on any atom is 0.331 e. The molecular formula is C15H18N4O3. The average Bonchev–Trinajstić information content (AvgIpc) is 2.92. The minimum Gasteiger partial charge on any atom is -0.492 e. The molecule has 7 nitrogen and oxygen atoms in total. The molecule has 116 valence electrons. The number of nitrogens with zero attached hydrogens (tertiary/aromatic N) is 3. The van der Waals surface area contributed by atoms with Gasteiger partial charge in [0.05, 0.1) is 24.1 Å². The molecule has 0 bridgehead atoms. The van der Waals surface area contributed by atoms with Gasteiger partial charge in [-0.3, -0.25) is 0 Å². The summed E-state index contributed by atoms with van der Waals surface area (Å²) in [4.78, 5) is 11.2. The molecule has 2 rings (SSSR count). The Morgan fingerprint density at radius 2 is 2.36 bits per heavy atom. The fraction of sp³-hybridized carbons (Fsp3) is 0.400. The van der Waals surface area contributed by atoms with Crippen molar-refractivity contribution in [3.05, 3.63) is 23.8 Å². The highest BCUT2D eigenvalue weighted by molar-refractivity contribution is 6.00. The van der Waals surface area contributed by atoms with Gasteiger partial charge in [0.25, 0.3) is 0 Å². The SMILES string of the molecule is CCCCOc1ccc(N2N=CC(C)(C(=O)O)N2)cc1C#N. The molecule has 1 aromatic carbocycles. The van der Waals surface area contributed by atoms with E-state index in [1.165, 1.54) is 18.3 Å². The Balaban J connectivity index is 2.16. The van der Waals surface area contributed by atoms with Gasteiger partial charge < -0.3 is 9.84 Å². The second-order valence-corrected chi connectivity index (χ2v) is 5.17. The van der Waals surface area contributed by atoms with Gasteiger partial charge in [-0.2, -0.15) is 20.9 Å². The summed E-state index contributed by atoms with van der Waals surface area (Å²) in [6.07, 6.45) is 3.24. The molecule has 1 heterocycles. The largest absolute Gasteiger partial charge is 0.492 e. The highest BCUT2D eigenvalue weighted by Gasteiger charge is 2.37. The molecule has 0 saturated heterocycles. The van der Waals surface area contributed by atoms with Gasteiger partial charge in [0, 0.05) is 0 Å². The quantitative estimate of drug-likeness (QED) is 0.779. The number of anilines is 1. The highest BCUT2D eigenvalue weighted by atomic mass is 16.5. The van der Waals surface area contributed by atoms with E-state index >= 15 is 0 Å². The first-order valence-corrected chi connectivity index (χ1v) is 7.03. The van der Waals surface area contributed by atoms with Crippen molar-refractivity contribution in [2.75, 3.05) is 11.7 Å². The number of hydrogen-bond donors (Lipinski definition) is 2. The van der Waals surface area contributed by atoms with Crippen molar-refractivity contribution in [1.82, 2.24) is 5.43 Å². The number of hydrogen-bond acceptors (Lipinski definition) is 6. The van der Waals surface area contributed by atoms with Gasteiger partial charge in [-0.25, -0.2) is 4.79 Å². The van der Waals surface area contributed by atoms with E-state index in [2.05, 4.69) is 23.5 Å². The molecule has 1 atom stereocenters. The number of ether oxygens (including phenoxy) is 1. The summed E-state index contributed by atoms with van der Waals surface area (Å²) >= 11 is 0. The Hall–Kier alpha value is -2.59. The zero-order chi connectivity index (χ0) is 16.2. The van der Waals surface area contributed by atoms with Crippen LogP contribution in [0.3, 0.4) is 0 Å². The second-order valence-electron chi connectivity index (χ2n) is 5.17. The van der Waals surface area contributed by atoms with E-state index in [0.29, 0.717) is 23.6 Å². The number of nitrogens with one attached hydrogen (secondary N) is 1. The van der Waals surface area contributed by atoms with Crippen molar-refractivity contribution in [1.29, 1.82) is 5.26 Å². The maximum atomic E-state index is 11.2. The third-order valence-corrected chi connectivity index (χ3v) is 3.30. The van der Waals surface area contributed by atoms with E-state index in [1.807, 2.05) is 0 Å². The van der Waals surface area contributed by atoms with Crippen LogP contribution < -0.4 is 15.3 Å². The van der Waals surface area contributed by atoms with Crippen LogP contribution in [0, 0.1) is 11.3 Å². The molecule has 1 aromatic rings. The van der Waals surface area contributed by atoms with Crippen molar-refractivity contribution < 1.29 is 14.6 Å². The van der Waals surface area contributed by atoms with E-state index in [0.717, 1.165) is 12.8 Å². The van der Waals surface area contributed by atoms with Crippen LogP contribution in [0.2, 0.25) is 0 Å². The standard InChI is InChI=1S/C15H18N4O3/c1-3-4-7-22-13-6-5-12(8-11(13)9-16)19-17-10-15(2,18-19)14(20)21/h5-6,8,10,18H,3-4,7H2,1-2H3,(H,20,21). The molecule has 0 aliphatic carbocycles. The summed E-state index contributed by atoms with van der Waals surface area (Å²) in [6.45, 7) is 4.13. The van der Waals surface area contributed by atoms with Crippen LogP contribution in [0.1, 0.15) is 32.3 Å². The first-order chi connectivity index (χ1) is 10.5. The molecule has 0 spiro atoms. The molecule has 22 heavy (non-hydrogen) atoms. The smallest absolute Gasteiger partial charge is 0.331 e. The van der Waals surface area contributed by atoms with Crippen molar-refractivity contribution in [2.24, 2.45) is 5.10 Å². The molecular weight excluding hydrogens is 284 g/mol. The Labute approximate surface area is 128 Å². The number of carbonyl (C=O) groups is 1. The number of carboxylic acids is 1. The van der Waals surface area contributed by atoms with Crippen molar-refractivity contribution in [3.63, 3.8) is 0 Å². The van der Waals surface area contributed by atoms with E-state index in [9.17, 15) is 10.1 Å². The van der Waals surface area contributed by atoms with E-state index in [4.69, 9.17) is 9.84 Å². The van der Waals surface area contributed by atoms with Gasteiger partial charge in [0.2, 0.25) is 0 Å². The van der Waals surface area contributed by atoms with E-state index in [1.54, 1.807) is 18.2 Å². The lowest BCUT2D eigenvalue weighted by atomic mass is 10.1. The van der Waals surface area contributed by atoms with Gasteiger partial charge in [0.1, 0.15) is 11.8 Å². The summed E-state index contributed by atoms with van der Waals surface area (Å²) < 4.78 is 5.57. The van der Waals surface area contributed by atoms with Gasteiger partial charge in [-0.05, 0) is 31.5 Å². The normalized spacial score (nSPS) is 20.0. The Morgan fingerprint density at radius 1 is 1.59 bits per heavy atom. The Morgan fingerprint density at radius 3 is 2.95 bits per heavy atom. The number of nitriles is 1. The van der Waals surface area contributed by atoms with Crippen LogP contribution in [0.4, 0.5) is 5.69 Å². The van der Waals surface area contributed by atoms with Gasteiger partial charge in [-0.1, -0.05) is 13.3 Å². The van der Waals surface area contributed by atoms with Crippen LogP contribution in [0.15, 0.2) is 23.3 Å². The maximum absolute atomic E-state index is 11.2. The molecule has 0 fully saturated rings. The molecule has 0 saturated carbocycles. The number of hydrazine groups is 1. The average molecular weight is 302 g/mol. The number of rotatable bonds is 6. The first kappa shape index (κ1) is 15.8. The molecule has 2 N–H and O–H groups in total. The Kier molecular flexibility index (Phi) is 4.63. The van der Waals surface area contributed by atoms with Gasteiger partial charge in [-0.15, -0.1) is 0 Å². The highest BCUT2D eigenvalue weighted by Crippen LogP contribution is 2.26. The third kappa shape index (κ3) is 3.18. The van der Waals surface area contributed by atoms with Crippen LogP contribution in [0.5, 0.6) is 5.75 Å². The van der Waals surface area contributed by atoms with Gasteiger partial charge >= 0.3 is 5.97 Å². The van der Waals surface area contributed by atoms with Crippen LogP contribution in [-0.2, 0) is 4.79 Å². The summed E-state index contributed by atoms with van der Waals surface area (Å²) in [6, 6.07) is 7.11. The minimum atomic E-state index is -1.26. The van der Waals surface area contributed by atoms with Crippen LogP contribution in [-0.4, -0.2) is 29.4 Å². The Bertz CT molecular complexity index is 638. The predicted molar refractivity (Wildman–Crippen MR) is 81.7 cm³/mol. The van der Waals surface area contributed by atoms with Crippen molar-refractivity contribution >= 4 is 17.9 Å². The number of carboxylic acid groups (broad SMARTS) is 1. The molecule has 1 aliphatic heterocycles. The lowest BCUT2D eigenvalue weighted by Crippen LogP contribution is -2.51.